The lowest BCUT2D eigenvalue weighted by Gasteiger charge is -2.13. The van der Waals surface area contributed by atoms with E-state index < -0.39 is 5.97 Å². The molecule has 3 rings (SSSR count). The number of quaternary nitrogens is 1. The molecule has 0 saturated carbocycles. The number of rotatable bonds is 8. The van der Waals surface area contributed by atoms with Gasteiger partial charge in [-0.3, -0.25) is 4.79 Å². The minimum Gasteiger partial charge on any atom is -0.459 e. The average molecular weight is 420 g/mol. The number of halogens is 1. The van der Waals surface area contributed by atoms with Gasteiger partial charge in [0.2, 0.25) is 0 Å². The van der Waals surface area contributed by atoms with Crippen LogP contribution in [0.4, 0.5) is 4.39 Å². The number of nitrogens with zero attached hydrogens (tertiary/aromatic N) is 1. The van der Waals surface area contributed by atoms with Crippen LogP contribution in [0, 0.1) is 12.7 Å². The van der Waals surface area contributed by atoms with E-state index in [0.29, 0.717) is 46.2 Å². The minimum atomic E-state index is -0.489. The highest BCUT2D eigenvalue weighted by atomic mass is 32.1. The molecule has 29 heavy (non-hydrogen) atoms. The first-order chi connectivity index (χ1) is 13.9. The molecule has 154 valence electrons. The molecule has 7 nitrogen and oxygen atoms in total. The fraction of sp³-hybridized carbons (Fsp3) is 0.350. The minimum absolute atomic E-state index is 0.145. The van der Waals surface area contributed by atoms with Gasteiger partial charge in [-0.2, -0.15) is 0 Å². The summed E-state index contributed by atoms with van der Waals surface area (Å²) in [6.45, 7) is 3.20. The number of carbonyl (C=O) groups excluding carboxylic acids is 1. The van der Waals surface area contributed by atoms with Gasteiger partial charge in [0.15, 0.2) is 5.82 Å². The van der Waals surface area contributed by atoms with E-state index in [2.05, 4.69) is 9.97 Å². The van der Waals surface area contributed by atoms with Crippen molar-refractivity contribution in [2.24, 2.45) is 0 Å². The number of methoxy groups -OCH3 is 1. The molecular formula is C20H23FN3O4S+. The van der Waals surface area contributed by atoms with Crippen LogP contribution in [0.5, 0.6) is 0 Å². The van der Waals surface area contributed by atoms with Crippen LogP contribution < -0.4 is 10.5 Å². The quantitative estimate of drug-likeness (QED) is 0.426. The number of ether oxygens (including phenoxy) is 2. The first-order valence-electron chi connectivity index (χ1n) is 9.13. The van der Waals surface area contributed by atoms with Crippen LogP contribution in [-0.4, -0.2) is 43.3 Å². The second kappa shape index (κ2) is 9.25. The predicted molar refractivity (Wildman–Crippen MR) is 108 cm³/mol. The van der Waals surface area contributed by atoms with E-state index in [4.69, 9.17) is 9.47 Å². The van der Waals surface area contributed by atoms with Gasteiger partial charge < -0.3 is 19.4 Å². The molecule has 3 aromatic rings. The Hall–Kier alpha value is -2.62. The molecule has 0 aliphatic carbocycles. The number of hydrogen-bond acceptors (Lipinski definition) is 6. The summed E-state index contributed by atoms with van der Waals surface area (Å²) in [6, 6.07) is 6.43. The normalized spacial score (nSPS) is 12.3. The topological polar surface area (TPSA) is 85.7 Å². The van der Waals surface area contributed by atoms with Crippen LogP contribution in [-0.2, 0) is 22.6 Å². The predicted octanol–water partition coefficient (Wildman–Crippen LogP) is 1.45. The first-order valence-corrected chi connectivity index (χ1v) is 9.94. The molecule has 0 saturated heterocycles. The van der Waals surface area contributed by atoms with Crippen molar-refractivity contribution in [1.29, 1.82) is 0 Å². The number of carbonyl (C=O) groups is 1. The molecule has 1 aromatic carbocycles. The van der Waals surface area contributed by atoms with Gasteiger partial charge in [-0.25, -0.2) is 14.2 Å². The Morgan fingerprint density at radius 1 is 1.31 bits per heavy atom. The SMILES string of the molecule is COCCOC(=O)c1sc2nc(C[NH+](C)Cc3cccc(F)c3)[nH]c(=O)c2c1C. The van der Waals surface area contributed by atoms with Crippen molar-refractivity contribution in [2.45, 2.75) is 20.0 Å². The van der Waals surface area contributed by atoms with Crippen LogP contribution in [0.3, 0.4) is 0 Å². The lowest BCUT2D eigenvalue weighted by Crippen LogP contribution is -3.06. The van der Waals surface area contributed by atoms with Gasteiger partial charge in [-0.05, 0) is 24.6 Å². The van der Waals surface area contributed by atoms with E-state index in [-0.39, 0.29) is 18.0 Å². The molecule has 2 N–H and O–H groups in total. The number of H-pyrrole nitrogens is 1. The maximum atomic E-state index is 13.4. The number of thiophene rings is 1. The summed E-state index contributed by atoms with van der Waals surface area (Å²) in [5.74, 6) is -0.253. The summed E-state index contributed by atoms with van der Waals surface area (Å²) < 4.78 is 23.4. The number of aromatic nitrogens is 2. The Balaban J connectivity index is 1.79. The van der Waals surface area contributed by atoms with Crippen molar-refractivity contribution in [3.8, 4) is 0 Å². The van der Waals surface area contributed by atoms with Crippen molar-refractivity contribution in [3.05, 3.63) is 62.3 Å². The van der Waals surface area contributed by atoms with Crippen LogP contribution in [0.15, 0.2) is 29.1 Å². The molecule has 0 aliphatic rings. The standard InChI is InChI=1S/C20H22FN3O4S/c1-12-16-18(25)22-15(11-24(2)10-13-5-4-6-14(21)9-13)23-19(16)29-17(12)20(26)28-8-7-27-3/h4-6,9H,7-8,10-11H2,1-3H3,(H,22,23,25)/p+1. The third-order valence-electron chi connectivity index (χ3n) is 4.42. The summed E-state index contributed by atoms with van der Waals surface area (Å²) in [4.78, 5) is 34.1. The zero-order valence-electron chi connectivity index (χ0n) is 16.5. The van der Waals surface area contributed by atoms with Crippen LogP contribution >= 0.6 is 11.3 Å². The third-order valence-corrected chi connectivity index (χ3v) is 5.59. The van der Waals surface area contributed by atoms with Crippen molar-refractivity contribution in [2.75, 3.05) is 27.4 Å². The van der Waals surface area contributed by atoms with Crippen molar-refractivity contribution < 1.29 is 23.6 Å². The molecule has 2 heterocycles. The zero-order chi connectivity index (χ0) is 21.0. The molecule has 9 heteroatoms. The third kappa shape index (κ3) is 5.06. The number of nitrogens with one attached hydrogen (secondary N) is 2. The second-order valence-electron chi connectivity index (χ2n) is 6.82. The highest BCUT2D eigenvalue weighted by Gasteiger charge is 2.21. The highest BCUT2D eigenvalue weighted by molar-refractivity contribution is 7.20. The number of aromatic amines is 1. The average Bonchev–Trinajstić information content (AvgIpc) is 2.98. The van der Waals surface area contributed by atoms with E-state index >= 15 is 0 Å². The number of fused-ring (bicyclic) bond motifs is 1. The maximum absolute atomic E-state index is 13.4. The van der Waals surface area contributed by atoms with Gasteiger partial charge in [0.05, 0.1) is 19.0 Å². The van der Waals surface area contributed by atoms with Crippen LogP contribution in [0.2, 0.25) is 0 Å². The Labute approximate surface area is 171 Å². The lowest BCUT2D eigenvalue weighted by atomic mass is 10.2. The molecule has 0 radical (unpaired) electrons. The summed E-state index contributed by atoms with van der Waals surface area (Å²) >= 11 is 1.15. The summed E-state index contributed by atoms with van der Waals surface area (Å²) in [5, 5.41) is 0.403. The van der Waals surface area contributed by atoms with Gasteiger partial charge in [0.25, 0.3) is 5.56 Å². The summed E-state index contributed by atoms with van der Waals surface area (Å²) in [5.41, 5.74) is 1.14. The van der Waals surface area contributed by atoms with Crippen molar-refractivity contribution in [1.82, 2.24) is 9.97 Å². The molecule has 2 aromatic heterocycles. The fourth-order valence-corrected chi connectivity index (χ4v) is 4.19. The van der Waals surface area contributed by atoms with Crippen molar-refractivity contribution in [3.63, 3.8) is 0 Å². The molecule has 1 unspecified atom stereocenters. The lowest BCUT2D eigenvalue weighted by molar-refractivity contribution is -0.908. The molecule has 1 atom stereocenters. The molecule has 0 fully saturated rings. The number of aryl methyl sites for hydroxylation is 1. The maximum Gasteiger partial charge on any atom is 0.348 e. The van der Waals surface area contributed by atoms with E-state index in [1.54, 1.807) is 13.0 Å². The van der Waals surface area contributed by atoms with Crippen molar-refractivity contribution >= 4 is 27.5 Å². The number of hydrogen-bond donors (Lipinski definition) is 2. The van der Waals surface area contributed by atoms with Gasteiger partial charge in [0, 0.05) is 12.7 Å². The van der Waals surface area contributed by atoms with Gasteiger partial charge in [0.1, 0.15) is 35.2 Å². The molecule has 0 spiro atoms. The number of esters is 1. The Morgan fingerprint density at radius 3 is 2.83 bits per heavy atom. The smallest absolute Gasteiger partial charge is 0.348 e. The second-order valence-corrected chi connectivity index (χ2v) is 7.82. The molecule has 0 amide bonds. The van der Waals surface area contributed by atoms with Gasteiger partial charge in [-0.1, -0.05) is 12.1 Å². The van der Waals surface area contributed by atoms with Crippen LogP contribution in [0.1, 0.15) is 26.6 Å². The monoisotopic (exact) mass is 420 g/mol. The zero-order valence-corrected chi connectivity index (χ0v) is 17.3. The highest BCUT2D eigenvalue weighted by Crippen LogP contribution is 2.27. The molecule has 0 bridgehead atoms. The fourth-order valence-electron chi connectivity index (χ4n) is 3.09. The molecule has 0 aliphatic heterocycles. The van der Waals surface area contributed by atoms with Gasteiger partial charge >= 0.3 is 5.97 Å². The molecular weight excluding hydrogens is 397 g/mol. The summed E-state index contributed by atoms with van der Waals surface area (Å²) in [7, 11) is 3.46. The van der Waals surface area contributed by atoms with E-state index in [0.717, 1.165) is 21.8 Å². The Morgan fingerprint density at radius 2 is 2.10 bits per heavy atom. The number of benzene rings is 1. The van der Waals surface area contributed by atoms with Crippen LogP contribution in [0.25, 0.3) is 10.2 Å². The van der Waals surface area contributed by atoms with E-state index in [9.17, 15) is 14.0 Å². The van der Waals surface area contributed by atoms with Gasteiger partial charge in [-0.15, -0.1) is 11.3 Å². The summed E-state index contributed by atoms with van der Waals surface area (Å²) in [6.07, 6.45) is 0. The Bertz CT molecular complexity index is 1080. The van der Waals surface area contributed by atoms with E-state index in [1.165, 1.54) is 19.2 Å². The Kier molecular flexibility index (Phi) is 6.73. The first kappa shape index (κ1) is 21.1. The largest absolute Gasteiger partial charge is 0.459 e. The van der Waals surface area contributed by atoms with E-state index in [1.807, 2.05) is 13.1 Å².